The number of esters is 1. The first-order chi connectivity index (χ1) is 12.8. The van der Waals surface area contributed by atoms with Gasteiger partial charge >= 0.3 is 5.97 Å². The van der Waals surface area contributed by atoms with Crippen LogP contribution in [0.2, 0.25) is 0 Å². The number of rotatable bonds is 3. The molecule has 0 heterocycles. The Bertz CT molecular complexity index is 874. The topological polar surface area (TPSA) is 52.6 Å². The quantitative estimate of drug-likeness (QED) is 0.589. The van der Waals surface area contributed by atoms with Gasteiger partial charge in [0.05, 0.1) is 18.1 Å². The molecule has 2 unspecified atom stereocenters. The molecule has 4 heteroatoms. The first-order valence-corrected chi connectivity index (χ1v) is 9.38. The van der Waals surface area contributed by atoms with Crippen molar-refractivity contribution in [1.82, 2.24) is 0 Å². The Morgan fingerprint density at radius 3 is 2.52 bits per heavy atom. The molecular formula is C23H26O4. The summed E-state index contributed by atoms with van der Waals surface area (Å²) in [7, 11) is 1.57. The van der Waals surface area contributed by atoms with Crippen molar-refractivity contribution in [2.24, 2.45) is 17.3 Å². The molecule has 27 heavy (non-hydrogen) atoms. The van der Waals surface area contributed by atoms with E-state index in [9.17, 15) is 9.59 Å². The number of ether oxygens (including phenoxy) is 2. The second kappa shape index (κ2) is 7.23. The second-order valence-electron chi connectivity index (χ2n) is 8.24. The van der Waals surface area contributed by atoms with E-state index in [1.807, 2.05) is 39.0 Å². The van der Waals surface area contributed by atoms with Crippen LogP contribution in [0.5, 0.6) is 5.75 Å². The minimum atomic E-state index is -0.638. The van der Waals surface area contributed by atoms with Crippen LogP contribution in [0.25, 0.3) is 5.57 Å². The fourth-order valence-electron chi connectivity index (χ4n) is 3.76. The number of Topliss-reactive ketones (excluding diaryl/α,β-unsaturated/α-hetero) is 1. The van der Waals surface area contributed by atoms with Gasteiger partial charge in [0, 0.05) is 23.0 Å². The summed E-state index contributed by atoms with van der Waals surface area (Å²) in [5, 5.41) is 0. The molecule has 2 aliphatic rings. The molecule has 1 fully saturated rings. The molecule has 1 aromatic rings. The minimum Gasteiger partial charge on any atom is -0.496 e. The number of hydrogen-bond donors (Lipinski definition) is 0. The van der Waals surface area contributed by atoms with Crippen molar-refractivity contribution in [1.29, 1.82) is 0 Å². The lowest BCUT2D eigenvalue weighted by atomic mass is 9.82. The van der Waals surface area contributed by atoms with E-state index in [-0.39, 0.29) is 23.6 Å². The van der Waals surface area contributed by atoms with E-state index in [0.717, 1.165) is 24.8 Å². The molecule has 0 aliphatic heterocycles. The fraction of sp³-hybridized carbons (Fsp3) is 0.478. The van der Waals surface area contributed by atoms with E-state index >= 15 is 0 Å². The molecule has 4 nitrogen and oxygen atoms in total. The smallest absolute Gasteiger partial charge is 0.316 e. The first kappa shape index (κ1) is 19.2. The van der Waals surface area contributed by atoms with Crippen LogP contribution in [0.3, 0.4) is 0 Å². The fourth-order valence-corrected chi connectivity index (χ4v) is 3.76. The average Bonchev–Trinajstić information content (AvgIpc) is 3.06. The lowest BCUT2D eigenvalue weighted by molar-refractivity contribution is -0.149. The number of methoxy groups -OCH3 is 1. The van der Waals surface area contributed by atoms with Crippen LogP contribution in [0.15, 0.2) is 24.0 Å². The van der Waals surface area contributed by atoms with Gasteiger partial charge < -0.3 is 9.47 Å². The van der Waals surface area contributed by atoms with Gasteiger partial charge in [-0.05, 0) is 65.2 Å². The first-order valence-electron chi connectivity index (χ1n) is 9.38. The molecule has 2 aliphatic carbocycles. The Hall–Kier alpha value is -2.54. The van der Waals surface area contributed by atoms with Crippen molar-refractivity contribution < 1.29 is 19.1 Å². The van der Waals surface area contributed by atoms with Crippen LogP contribution >= 0.6 is 0 Å². The number of benzene rings is 1. The minimum absolute atomic E-state index is 0.00176. The van der Waals surface area contributed by atoms with E-state index in [4.69, 9.17) is 9.47 Å². The summed E-state index contributed by atoms with van der Waals surface area (Å²) in [6.07, 6.45) is 2.47. The second-order valence-corrected chi connectivity index (χ2v) is 8.24. The van der Waals surface area contributed by atoms with Gasteiger partial charge in [-0.25, -0.2) is 0 Å². The summed E-state index contributed by atoms with van der Waals surface area (Å²) in [6.45, 7) is 7.22. The molecule has 0 spiro atoms. The van der Waals surface area contributed by atoms with E-state index < -0.39 is 5.41 Å². The zero-order chi connectivity index (χ0) is 19.8. The van der Waals surface area contributed by atoms with Crippen molar-refractivity contribution in [2.75, 3.05) is 7.11 Å². The summed E-state index contributed by atoms with van der Waals surface area (Å²) in [5.41, 5.74) is 1.36. The van der Waals surface area contributed by atoms with Crippen molar-refractivity contribution >= 4 is 17.3 Å². The number of ketones is 1. The molecule has 1 aromatic carbocycles. The summed E-state index contributed by atoms with van der Waals surface area (Å²) < 4.78 is 11.4. The van der Waals surface area contributed by atoms with Crippen molar-refractivity contribution in [2.45, 2.75) is 47.0 Å². The highest BCUT2D eigenvalue weighted by molar-refractivity contribution is 6.24. The van der Waals surface area contributed by atoms with E-state index in [1.54, 1.807) is 14.0 Å². The number of carbonyl (C=O) groups excluding carboxylic acids is 2. The SMILES string of the molecule is CC#Cc1ccc(C2=C(OC(=O)C(C)(C)C)C3CCC(C3)C2=O)c(OC)c1. The van der Waals surface area contributed by atoms with Crippen LogP contribution in [-0.2, 0) is 14.3 Å². The van der Waals surface area contributed by atoms with Gasteiger partial charge in [0.2, 0.25) is 0 Å². The maximum Gasteiger partial charge on any atom is 0.316 e. The molecule has 0 amide bonds. The Morgan fingerprint density at radius 1 is 1.19 bits per heavy atom. The molecule has 142 valence electrons. The number of allylic oxidation sites excluding steroid dienone is 2. The predicted octanol–water partition coefficient (Wildman–Crippen LogP) is 4.37. The highest BCUT2D eigenvalue weighted by Gasteiger charge is 2.44. The molecule has 1 saturated carbocycles. The largest absolute Gasteiger partial charge is 0.496 e. The standard InChI is InChI=1S/C23H26O4/c1-6-7-14-8-11-17(18(12-14)26-5)19-20(24)15-9-10-16(13-15)21(19)27-22(25)23(2,3)4/h8,11-12,15-16H,9-10,13H2,1-5H3. The lowest BCUT2D eigenvalue weighted by Gasteiger charge is -2.28. The molecule has 3 rings (SSSR count). The molecule has 0 aromatic heterocycles. The Labute approximate surface area is 160 Å². The Morgan fingerprint density at radius 2 is 1.89 bits per heavy atom. The van der Waals surface area contributed by atoms with Gasteiger partial charge in [-0.3, -0.25) is 9.59 Å². The number of fused-ring (bicyclic) bond motifs is 2. The molecular weight excluding hydrogens is 340 g/mol. The average molecular weight is 366 g/mol. The highest BCUT2D eigenvalue weighted by Crippen LogP contribution is 2.48. The van der Waals surface area contributed by atoms with Gasteiger partial charge in [-0.2, -0.15) is 0 Å². The summed E-state index contributed by atoms with van der Waals surface area (Å²) in [5.74, 6) is 6.79. The maximum absolute atomic E-state index is 13.2. The van der Waals surface area contributed by atoms with Gasteiger partial charge in [-0.1, -0.05) is 5.92 Å². The van der Waals surface area contributed by atoms with Crippen LogP contribution in [0.1, 0.15) is 58.1 Å². The Kier molecular flexibility index (Phi) is 5.15. The highest BCUT2D eigenvalue weighted by atomic mass is 16.5. The monoisotopic (exact) mass is 366 g/mol. The summed E-state index contributed by atoms with van der Waals surface area (Å²) >= 11 is 0. The van der Waals surface area contributed by atoms with Gasteiger partial charge in [0.25, 0.3) is 0 Å². The number of carbonyl (C=O) groups is 2. The predicted molar refractivity (Wildman–Crippen MR) is 104 cm³/mol. The zero-order valence-corrected chi connectivity index (χ0v) is 16.6. The van der Waals surface area contributed by atoms with Gasteiger partial charge in [-0.15, -0.1) is 5.92 Å². The normalized spacial score (nSPS) is 21.6. The summed E-state index contributed by atoms with van der Waals surface area (Å²) in [4.78, 5) is 25.7. The third kappa shape index (κ3) is 3.64. The van der Waals surface area contributed by atoms with Crippen LogP contribution in [0, 0.1) is 29.1 Å². The van der Waals surface area contributed by atoms with E-state index in [2.05, 4.69) is 11.8 Å². The van der Waals surface area contributed by atoms with Gasteiger partial charge in [0.1, 0.15) is 11.5 Å². The number of hydrogen-bond acceptors (Lipinski definition) is 4. The van der Waals surface area contributed by atoms with Crippen LogP contribution in [0.4, 0.5) is 0 Å². The van der Waals surface area contributed by atoms with E-state index in [1.165, 1.54) is 0 Å². The van der Waals surface area contributed by atoms with Crippen LogP contribution < -0.4 is 4.74 Å². The zero-order valence-electron chi connectivity index (χ0n) is 16.6. The van der Waals surface area contributed by atoms with Crippen molar-refractivity contribution in [3.63, 3.8) is 0 Å². The molecule has 0 N–H and O–H groups in total. The molecule has 2 bridgehead atoms. The van der Waals surface area contributed by atoms with Gasteiger partial charge in [0.15, 0.2) is 5.78 Å². The maximum atomic E-state index is 13.2. The van der Waals surface area contributed by atoms with Crippen molar-refractivity contribution in [3.05, 3.63) is 35.1 Å². The Balaban J connectivity index is 2.15. The van der Waals surface area contributed by atoms with Crippen LogP contribution in [-0.4, -0.2) is 18.9 Å². The van der Waals surface area contributed by atoms with Crippen molar-refractivity contribution in [3.8, 4) is 17.6 Å². The third-order valence-corrected chi connectivity index (χ3v) is 5.22. The molecule has 0 saturated heterocycles. The third-order valence-electron chi connectivity index (χ3n) is 5.22. The molecule has 0 radical (unpaired) electrons. The lowest BCUT2D eigenvalue weighted by Crippen LogP contribution is -2.28. The van der Waals surface area contributed by atoms with E-state index in [0.29, 0.717) is 22.6 Å². The summed E-state index contributed by atoms with van der Waals surface area (Å²) in [6, 6.07) is 5.54. The molecule has 2 atom stereocenters.